The molecule has 0 bridgehead atoms. The minimum absolute atomic E-state index is 0.0422. The smallest absolute Gasteiger partial charge is 0.271 e. The number of non-ortho nitro benzene ring substituents is 1. The van der Waals surface area contributed by atoms with E-state index in [0.29, 0.717) is 18.9 Å². The van der Waals surface area contributed by atoms with E-state index in [4.69, 9.17) is 9.47 Å². The second-order valence-corrected chi connectivity index (χ2v) is 6.43. The predicted molar refractivity (Wildman–Crippen MR) is 92.2 cm³/mol. The van der Waals surface area contributed by atoms with E-state index in [1.54, 1.807) is 4.90 Å². The van der Waals surface area contributed by atoms with Crippen LogP contribution in [0.2, 0.25) is 0 Å². The van der Waals surface area contributed by atoms with Crippen LogP contribution in [0.1, 0.15) is 20.3 Å². The van der Waals surface area contributed by atoms with Gasteiger partial charge in [0.25, 0.3) is 11.6 Å². The number of carbonyl (C=O) groups is 2. The van der Waals surface area contributed by atoms with Gasteiger partial charge in [-0.3, -0.25) is 24.6 Å². The number of morpholine rings is 1. The van der Waals surface area contributed by atoms with Crippen molar-refractivity contribution in [1.82, 2.24) is 4.90 Å². The fraction of sp³-hybridized carbons (Fsp3) is 0.529. The first-order valence-electron chi connectivity index (χ1n) is 8.53. The number of hydrogen-bond donors (Lipinski definition) is 0. The van der Waals surface area contributed by atoms with Crippen molar-refractivity contribution in [1.29, 1.82) is 0 Å². The van der Waals surface area contributed by atoms with Crippen molar-refractivity contribution >= 4 is 23.2 Å². The van der Waals surface area contributed by atoms with Crippen LogP contribution in [0.3, 0.4) is 0 Å². The first kappa shape index (κ1) is 18.1. The van der Waals surface area contributed by atoms with Gasteiger partial charge >= 0.3 is 0 Å². The summed E-state index contributed by atoms with van der Waals surface area (Å²) in [4.78, 5) is 38.6. The highest BCUT2D eigenvalue weighted by atomic mass is 16.6. The fourth-order valence-electron chi connectivity index (χ4n) is 3.19. The van der Waals surface area contributed by atoms with Crippen LogP contribution >= 0.6 is 0 Å². The topological polar surface area (TPSA) is 102 Å². The molecule has 1 fully saturated rings. The molecule has 26 heavy (non-hydrogen) atoms. The van der Waals surface area contributed by atoms with Crippen LogP contribution in [0.25, 0.3) is 0 Å². The molecule has 0 spiro atoms. The Hall–Kier alpha value is -2.68. The fourth-order valence-corrected chi connectivity index (χ4v) is 3.19. The van der Waals surface area contributed by atoms with E-state index in [9.17, 15) is 19.7 Å². The Morgan fingerprint density at radius 3 is 2.88 bits per heavy atom. The third kappa shape index (κ3) is 3.48. The second-order valence-electron chi connectivity index (χ2n) is 6.43. The van der Waals surface area contributed by atoms with Crippen molar-refractivity contribution in [3.63, 3.8) is 0 Å². The normalized spacial score (nSPS) is 22.6. The van der Waals surface area contributed by atoms with Gasteiger partial charge in [-0.05, 0) is 19.4 Å². The lowest BCUT2D eigenvalue weighted by Crippen LogP contribution is -2.55. The largest absolute Gasteiger partial charge is 0.482 e. The number of hydrogen-bond acceptors (Lipinski definition) is 6. The number of rotatable bonds is 4. The van der Waals surface area contributed by atoms with Gasteiger partial charge < -0.3 is 14.4 Å². The molecule has 3 rings (SSSR count). The zero-order valence-electron chi connectivity index (χ0n) is 14.7. The van der Waals surface area contributed by atoms with E-state index in [0.717, 1.165) is 6.42 Å². The summed E-state index contributed by atoms with van der Waals surface area (Å²) in [5.74, 6) is -0.259. The average Bonchev–Trinajstić information content (AvgIpc) is 2.63. The quantitative estimate of drug-likeness (QED) is 0.591. The Labute approximate surface area is 150 Å². The van der Waals surface area contributed by atoms with Crippen LogP contribution in [0.15, 0.2) is 18.2 Å². The SMILES string of the molecule is CC[C@H]1CO[C@@H](C)CN1C(=O)CN1C(=O)COc2ccc([N+](=O)[O-])cc21. The lowest BCUT2D eigenvalue weighted by atomic mass is 10.1. The Morgan fingerprint density at radius 2 is 2.19 bits per heavy atom. The minimum atomic E-state index is -0.546. The molecule has 9 nitrogen and oxygen atoms in total. The van der Waals surface area contributed by atoms with Crippen molar-refractivity contribution in [3.05, 3.63) is 28.3 Å². The average molecular weight is 363 g/mol. The molecule has 0 aromatic heterocycles. The molecule has 2 amide bonds. The predicted octanol–water partition coefficient (Wildman–Crippen LogP) is 1.35. The molecule has 9 heteroatoms. The zero-order valence-corrected chi connectivity index (χ0v) is 14.7. The zero-order chi connectivity index (χ0) is 18.8. The van der Waals surface area contributed by atoms with Gasteiger partial charge in [-0.1, -0.05) is 6.92 Å². The number of anilines is 1. The monoisotopic (exact) mass is 363 g/mol. The summed E-state index contributed by atoms with van der Waals surface area (Å²) in [5.41, 5.74) is 0.0871. The first-order valence-corrected chi connectivity index (χ1v) is 8.53. The van der Waals surface area contributed by atoms with Gasteiger partial charge in [0.15, 0.2) is 6.61 Å². The minimum Gasteiger partial charge on any atom is -0.482 e. The van der Waals surface area contributed by atoms with Gasteiger partial charge in [0.2, 0.25) is 5.91 Å². The Bertz CT molecular complexity index is 737. The molecule has 1 aromatic carbocycles. The Balaban J connectivity index is 1.85. The summed E-state index contributed by atoms with van der Waals surface area (Å²) in [6.07, 6.45) is 0.674. The van der Waals surface area contributed by atoms with Crippen LogP contribution in [-0.4, -0.2) is 60.1 Å². The molecule has 0 aliphatic carbocycles. The van der Waals surface area contributed by atoms with E-state index in [1.165, 1.54) is 23.1 Å². The van der Waals surface area contributed by atoms with Crippen LogP contribution in [0.5, 0.6) is 5.75 Å². The lowest BCUT2D eigenvalue weighted by molar-refractivity contribution is -0.384. The standard InChI is InChI=1S/C17H21N3O6/c1-3-12-9-25-11(2)7-18(12)16(21)8-19-14-6-13(20(23)24)4-5-15(14)26-10-17(19)22/h4-6,11-12H,3,7-10H2,1-2H3/t11-,12-/m0/s1. The van der Waals surface area contributed by atoms with Crippen molar-refractivity contribution in [2.45, 2.75) is 32.4 Å². The highest BCUT2D eigenvalue weighted by molar-refractivity contribution is 6.02. The number of benzene rings is 1. The van der Waals surface area contributed by atoms with Gasteiger partial charge in [0.05, 0.1) is 29.4 Å². The van der Waals surface area contributed by atoms with E-state index >= 15 is 0 Å². The molecular formula is C17H21N3O6. The third-order valence-corrected chi connectivity index (χ3v) is 4.65. The maximum absolute atomic E-state index is 12.9. The first-order chi connectivity index (χ1) is 12.4. The van der Waals surface area contributed by atoms with Gasteiger partial charge in [-0.2, -0.15) is 0 Å². The van der Waals surface area contributed by atoms with Crippen LogP contribution in [-0.2, 0) is 14.3 Å². The summed E-state index contributed by atoms with van der Waals surface area (Å²) in [7, 11) is 0. The van der Waals surface area contributed by atoms with Crippen molar-refractivity contribution in [2.24, 2.45) is 0 Å². The summed E-state index contributed by atoms with van der Waals surface area (Å²) in [6.45, 7) is 4.40. The summed E-state index contributed by atoms with van der Waals surface area (Å²) >= 11 is 0. The summed E-state index contributed by atoms with van der Waals surface area (Å²) in [6, 6.07) is 3.98. The molecule has 2 aliphatic heterocycles. The van der Waals surface area contributed by atoms with E-state index in [1.807, 2.05) is 13.8 Å². The highest BCUT2D eigenvalue weighted by Gasteiger charge is 2.34. The van der Waals surface area contributed by atoms with Crippen molar-refractivity contribution < 1.29 is 24.0 Å². The second kappa shape index (κ2) is 7.28. The van der Waals surface area contributed by atoms with E-state index < -0.39 is 10.8 Å². The molecule has 2 atom stereocenters. The number of nitro benzene ring substituents is 1. The maximum Gasteiger partial charge on any atom is 0.271 e. The van der Waals surface area contributed by atoms with Gasteiger partial charge in [0.1, 0.15) is 12.3 Å². The molecule has 0 N–H and O–H groups in total. The van der Waals surface area contributed by atoms with Gasteiger partial charge in [-0.15, -0.1) is 0 Å². The number of ether oxygens (including phenoxy) is 2. The molecule has 0 unspecified atom stereocenters. The summed E-state index contributed by atoms with van der Waals surface area (Å²) < 4.78 is 10.9. The number of nitro groups is 1. The lowest BCUT2D eigenvalue weighted by Gasteiger charge is -2.39. The molecule has 0 radical (unpaired) electrons. The molecular weight excluding hydrogens is 342 g/mol. The maximum atomic E-state index is 12.9. The highest BCUT2D eigenvalue weighted by Crippen LogP contribution is 2.35. The molecule has 0 saturated carbocycles. The summed E-state index contributed by atoms with van der Waals surface area (Å²) in [5, 5.41) is 11.0. The molecule has 1 saturated heterocycles. The number of amides is 2. The molecule has 1 aromatic rings. The van der Waals surface area contributed by atoms with Crippen LogP contribution in [0.4, 0.5) is 11.4 Å². The van der Waals surface area contributed by atoms with Crippen LogP contribution < -0.4 is 9.64 Å². The van der Waals surface area contributed by atoms with Crippen molar-refractivity contribution in [2.75, 3.05) is 31.2 Å². The van der Waals surface area contributed by atoms with Crippen LogP contribution in [0, 0.1) is 10.1 Å². The number of nitrogens with zero attached hydrogens (tertiary/aromatic N) is 3. The number of carbonyl (C=O) groups excluding carboxylic acids is 2. The Morgan fingerprint density at radius 1 is 1.42 bits per heavy atom. The van der Waals surface area contributed by atoms with E-state index in [2.05, 4.69) is 0 Å². The van der Waals surface area contributed by atoms with Gasteiger partial charge in [0, 0.05) is 18.7 Å². The number of fused-ring (bicyclic) bond motifs is 1. The Kier molecular flexibility index (Phi) is 5.08. The van der Waals surface area contributed by atoms with E-state index in [-0.39, 0.29) is 42.6 Å². The molecule has 2 aliphatic rings. The third-order valence-electron chi connectivity index (χ3n) is 4.65. The molecule has 2 heterocycles. The van der Waals surface area contributed by atoms with Gasteiger partial charge in [-0.25, -0.2) is 0 Å². The van der Waals surface area contributed by atoms with Crippen molar-refractivity contribution in [3.8, 4) is 5.75 Å². The molecule has 140 valence electrons.